The Balaban J connectivity index is 1.54. The Hall–Kier alpha value is -2.76. The van der Waals surface area contributed by atoms with Crippen molar-refractivity contribution in [2.24, 2.45) is 0 Å². The topological polar surface area (TPSA) is 63.9 Å². The number of para-hydroxylation sites is 2. The van der Waals surface area contributed by atoms with Gasteiger partial charge in [-0.2, -0.15) is 5.10 Å². The molecule has 0 bridgehead atoms. The van der Waals surface area contributed by atoms with E-state index in [1.54, 1.807) is 6.20 Å². The fraction of sp³-hybridized carbons (Fsp3) is 0.294. The lowest BCUT2D eigenvalue weighted by Crippen LogP contribution is -2.30. The molecule has 1 unspecified atom stereocenters. The number of rotatable bonds is 2. The molecule has 1 saturated heterocycles. The zero-order valence-corrected chi connectivity index (χ0v) is 12.9. The summed E-state index contributed by atoms with van der Waals surface area (Å²) in [5, 5.41) is 4.36. The number of benzene rings is 1. The summed E-state index contributed by atoms with van der Waals surface area (Å²) in [7, 11) is 0. The number of hydrogen-bond donors (Lipinski definition) is 0. The van der Waals surface area contributed by atoms with Crippen LogP contribution in [-0.4, -0.2) is 43.6 Å². The van der Waals surface area contributed by atoms with Crippen LogP contribution in [0, 0.1) is 6.92 Å². The summed E-state index contributed by atoms with van der Waals surface area (Å²) >= 11 is 0. The summed E-state index contributed by atoms with van der Waals surface area (Å²) in [6.45, 7) is 3.40. The van der Waals surface area contributed by atoms with Gasteiger partial charge in [-0.25, -0.2) is 4.98 Å². The Kier molecular flexibility index (Phi) is 3.29. The smallest absolute Gasteiger partial charge is 0.274 e. The summed E-state index contributed by atoms with van der Waals surface area (Å²) in [5.41, 5.74) is 3.09. The third-order valence-electron chi connectivity index (χ3n) is 4.22. The second-order valence-corrected chi connectivity index (χ2v) is 5.94. The number of fused-ring (bicyclic) bond motifs is 1. The number of aryl methyl sites for hydroxylation is 1. The summed E-state index contributed by atoms with van der Waals surface area (Å²) in [4.78, 5) is 23.3. The molecule has 0 aliphatic carbocycles. The van der Waals surface area contributed by atoms with E-state index in [1.165, 1.54) is 0 Å². The van der Waals surface area contributed by atoms with Gasteiger partial charge in [0.05, 0.1) is 29.5 Å². The molecule has 1 fully saturated rings. The molecule has 3 aromatic rings. The van der Waals surface area contributed by atoms with E-state index < -0.39 is 0 Å². The molecule has 2 aromatic heterocycles. The van der Waals surface area contributed by atoms with Crippen LogP contribution in [0.5, 0.6) is 0 Å². The van der Waals surface area contributed by atoms with Gasteiger partial charge in [0.25, 0.3) is 5.91 Å². The Bertz CT molecular complexity index is 872. The fourth-order valence-electron chi connectivity index (χ4n) is 3.00. The lowest BCUT2D eigenvalue weighted by Gasteiger charge is -2.16. The Morgan fingerprint density at radius 1 is 1.22 bits per heavy atom. The number of amides is 1. The lowest BCUT2D eigenvalue weighted by molar-refractivity contribution is 0.0781. The van der Waals surface area contributed by atoms with Gasteiger partial charge in [-0.3, -0.25) is 14.5 Å². The molecule has 0 saturated carbocycles. The van der Waals surface area contributed by atoms with Gasteiger partial charge < -0.3 is 4.90 Å². The lowest BCUT2D eigenvalue weighted by atomic mass is 10.3. The highest BCUT2D eigenvalue weighted by atomic mass is 16.2. The van der Waals surface area contributed by atoms with Crippen molar-refractivity contribution < 1.29 is 4.79 Å². The highest BCUT2D eigenvalue weighted by Gasteiger charge is 2.29. The maximum atomic E-state index is 12.7. The molecule has 1 atom stereocenters. The van der Waals surface area contributed by atoms with Gasteiger partial charge in [-0.15, -0.1) is 0 Å². The number of carbonyl (C=O) groups excluding carboxylic acids is 1. The van der Waals surface area contributed by atoms with E-state index in [0.717, 1.165) is 29.6 Å². The Morgan fingerprint density at radius 3 is 2.83 bits per heavy atom. The minimum atomic E-state index is -0.0605. The van der Waals surface area contributed by atoms with E-state index >= 15 is 0 Å². The van der Waals surface area contributed by atoms with E-state index in [2.05, 4.69) is 15.1 Å². The van der Waals surface area contributed by atoms with Crippen LogP contribution < -0.4 is 0 Å². The Morgan fingerprint density at radius 2 is 2.04 bits per heavy atom. The molecular weight excluding hydrogens is 290 g/mol. The van der Waals surface area contributed by atoms with Crippen molar-refractivity contribution in [3.8, 4) is 0 Å². The first-order valence-corrected chi connectivity index (χ1v) is 7.72. The molecule has 116 valence electrons. The minimum absolute atomic E-state index is 0.0605. The van der Waals surface area contributed by atoms with Gasteiger partial charge in [-0.1, -0.05) is 12.1 Å². The zero-order valence-electron chi connectivity index (χ0n) is 12.9. The molecule has 23 heavy (non-hydrogen) atoms. The first-order chi connectivity index (χ1) is 11.2. The van der Waals surface area contributed by atoms with Crippen LogP contribution in [0.15, 0.2) is 42.9 Å². The van der Waals surface area contributed by atoms with Crippen molar-refractivity contribution in [2.45, 2.75) is 19.4 Å². The summed E-state index contributed by atoms with van der Waals surface area (Å²) in [5.74, 6) is -0.0605. The molecule has 0 spiro atoms. The van der Waals surface area contributed by atoms with Crippen molar-refractivity contribution in [2.75, 3.05) is 13.1 Å². The molecule has 6 heteroatoms. The van der Waals surface area contributed by atoms with Crippen molar-refractivity contribution in [1.82, 2.24) is 24.6 Å². The van der Waals surface area contributed by atoms with Crippen LogP contribution in [0.25, 0.3) is 11.0 Å². The second-order valence-electron chi connectivity index (χ2n) is 5.94. The number of carbonyl (C=O) groups is 1. The van der Waals surface area contributed by atoms with Crippen LogP contribution in [-0.2, 0) is 0 Å². The third kappa shape index (κ3) is 2.56. The molecule has 6 nitrogen and oxygen atoms in total. The summed E-state index contributed by atoms with van der Waals surface area (Å²) in [6.07, 6.45) is 6.34. The molecule has 1 aromatic carbocycles. The molecule has 1 aliphatic rings. The van der Waals surface area contributed by atoms with E-state index in [0.29, 0.717) is 12.2 Å². The van der Waals surface area contributed by atoms with E-state index in [1.807, 2.05) is 53.2 Å². The zero-order chi connectivity index (χ0) is 15.8. The van der Waals surface area contributed by atoms with Crippen molar-refractivity contribution in [1.29, 1.82) is 0 Å². The predicted molar refractivity (Wildman–Crippen MR) is 86.1 cm³/mol. The van der Waals surface area contributed by atoms with Gasteiger partial charge in [0.15, 0.2) is 0 Å². The monoisotopic (exact) mass is 307 g/mol. The second kappa shape index (κ2) is 5.46. The fourth-order valence-corrected chi connectivity index (χ4v) is 3.00. The van der Waals surface area contributed by atoms with Gasteiger partial charge in [0, 0.05) is 19.3 Å². The molecule has 1 aliphatic heterocycles. The quantitative estimate of drug-likeness (QED) is 0.728. The molecule has 0 radical (unpaired) electrons. The highest BCUT2D eigenvalue weighted by molar-refractivity contribution is 5.94. The minimum Gasteiger partial charge on any atom is -0.335 e. The van der Waals surface area contributed by atoms with Gasteiger partial charge in [-0.05, 0) is 31.0 Å². The number of hydrogen-bond acceptors (Lipinski definition) is 4. The van der Waals surface area contributed by atoms with Gasteiger partial charge >= 0.3 is 0 Å². The van der Waals surface area contributed by atoms with Crippen LogP contribution in [0.2, 0.25) is 0 Å². The highest BCUT2D eigenvalue weighted by Crippen LogP contribution is 2.22. The maximum Gasteiger partial charge on any atom is 0.274 e. The Labute approximate surface area is 133 Å². The van der Waals surface area contributed by atoms with Crippen LogP contribution in [0.3, 0.4) is 0 Å². The summed E-state index contributed by atoms with van der Waals surface area (Å²) < 4.78 is 1.95. The molecule has 0 N–H and O–H groups in total. The summed E-state index contributed by atoms with van der Waals surface area (Å²) in [6, 6.07) is 7.81. The average Bonchev–Trinajstić information content (AvgIpc) is 3.22. The maximum absolute atomic E-state index is 12.7. The molecule has 3 heterocycles. The first-order valence-electron chi connectivity index (χ1n) is 7.72. The molecular formula is C17H17N5O. The SMILES string of the molecule is Cc1cnn(C2CCN(C(=O)c3cnc4ccccc4n3)C2)c1. The van der Waals surface area contributed by atoms with Gasteiger partial charge in [0.2, 0.25) is 0 Å². The number of nitrogens with zero attached hydrogens (tertiary/aromatic N) is 5. The van der Waals surface area contributed by atoms with E-state index in [-0.39, 0.29) is 11.9 Å². The van der Waals surface area contributed by atoms with E-state index in [9.17, 15) is 4.79 Å². The van der Waals surface area contributed by atoms with Crippen molar-refractivity contribution in [3.05, 3.63) is 54.1 Å². The normalized spacial score (nSPS) is 17.8. The largest absolute Gasteiger partial charge is 0.335 e. The van der Waals surface area contributed by atoms with E-state index in [4.69, 9.17) is 0 Å². The third-order valence-corrected chi connectivity index (χ3v) is 4.22. The number of aromatic nitrogens is 4. The van der Waals surface area contributed by atoms with Crippen LogP contribution in [0.4, 0.5) is 0 Å². The molecule has 1 amide bonds. The van der Waals surface area contributed by atoms with Crippen LogP contribution in [0.1, 0.15) is 28.5 Å². The van der Waals surface area contributed by atoms with Gasteiger partial charge in [0.1, 0.15) is 5.69 Å². The predicted octanol–water partition coefficient (Wildman–Crippen LogP) is 2.22. The van der Waals surface area contributed by atoms with Crippen molar-refractivity contribution in [3.63, 3.8) is 0 Å². The van der Waals surface area contributed by atoms with Crippen molar-refractivity contribution >= 4 is 16.9 Å². The number of likely N-dealkylation sites (tertiary alicyclic amines) is 1. The first kappa shape index (κ1) is 13.9. The standard InChI is InChI=1S/C17H17N5O/c1-12-8-19-22(10-12)13-6-7-21(11-13)17(23)16-9-18-14-4-2-3-5-15(14)20-16/h2-5,8-10,13H,6-7,11H2,1H3. The average molecular weight is 307 g/mol. The molecule has 4 rings (SSSR count). The van der Waals surface area contributed by atoms with Crippen LogP contribution >= 0.6 is 0 Å².